The van der Waals surface area contributed by atoms with Crippen molar-refractivity contribution in [1.82, 2.24) is 4.90 Å². The maximum absolute atomic E-state index is 13.0. The molecule has 0 aromatic heterocycles. The molecule has 0 bridgehead atoms. The first-order valence-electron chi connectivity index (χ1n) is 6.22. The Balaban J connectivity index is 1.87. The predicted octanol–water partition coefficient (Wildman–Crippen LogP) is 2.42. The molecule has 0 amide bonds. The van der Waals surface area contributed by atoms with E-state index in [1.54, 1.807) is 12.1 Å². The molecule has 2 rings (SSSR count). The predicted molar refractivity (Wildman–Crippen MR) is 65.4 cm³/mol. The summed E-state index contributed by atoms with van der Waals surface area (Å²) < 4.78 is 13.0. The second-order valence-corrected chi connectivity index (χ2v) is 4.63. The van der Waals surface area contributed by atoms with Gasteiger partial charge >= 0.3 is 0 Å². The molecule has 1 saturated heterocycles. The van der Waals surface area contributed by atoms with Crippen molar-refractivity contribution >= 4 is 6.29 Å². The van der Waals surface area contributed by atoms with Gasteiger partial charge in [-0.25, -0.2) is 4.39 Å². The number of halogens is 1. The minimum atomic E-state index is -0.168. The Morgan fingerprint density at radius 1 is 1.47 bits per heavy atom. The van der Waals surface area contributed by atoms with Gasteiger partial charge in [-0.2, -0.15) is 0 Å². The van der Waals surface area contributed by atoms with E-state index in [-0.39, 0.29) is 5.82 Å². The fraction of sp³-hybridized carbons (Fsp3) is 0.500. The van der Waals surface area contributed by atoms with Gasteiger partial charge in [-0.05, 0) is 49.9 Å². The summed E-state index contributed by atoms with van der Waals surface area (Å²) in [6.07, 6.45) is 5.19. The molecule has 1 aromatic rings. The molecule has 1 aliphatic heterocycles. The Morgan fingerprint density at radius 2 is 2.35 bits per heavy atom. The molecule has 3 heteroatoms. The number of hydrogen-bond donors (Lipinski definition) is 0. The van der Waals surface area contributed by atoms with E-state index in [1.165, 1.54) is 12.5 Å². The van der Waals surface area contributed by atoms with Crippen molar-refractivity contribution in [1.29, 1.82) is 0 Å². The molecule has 0 spiro atoms. The van der Waals surface area contributed by atoms with Gasteiger partial charge in [0.25, 0.3) is 0 Å². The molecule has 0 saturated carbocycles. The van der Waals surface area contributed by atoms with Gasteiger partial charge in [0.2, 0.25) is 0 Å². The molecule has 1 fully saturated rings. The molecule has 2 nitrogen and oxygen atoms in total. The van der Waals surface area contributed by atoms with Crippen LogP contribution in [0.15, 0.2) is 24.3 Å². The summed E-state index contributed by atoms with van der Waals surface area (Å²) >= 11 is 0. The highest BCUT2D eigenvalue weighted by atomic mass is 19.1. The van der Waals surface area contributed by atoms with Gasteiger partial charge in [0, 0.05) is 6.04 Å². The van der Waals surface area contributed by atoms with Crippen LogP contribution in [0.4, 0.5) is 4.39 Å². The number of aldehydes is 1. The number of hydrogen-bond acceptors (Lipinski definition) is 2. The van der Waals surface area contributed by atoms with Gasteiger partial charge in [-0.15, -0.1) is 0 Å². The second kappa shape index (κ2) is 5.92. The van der Waals surface area contributed by atoms with Gasteiger partial charge in [0.1, 0.15) is 12.1 Å². The van der Waals surface area contributed by atoms with Crippen molar-refractivity contribution in [3.63, 3.8) is 0 Å². The van der Waals surface area contributed by atoms with Gasteiger partial charge in [-0.1, -0.05) is 12.1 Å². The molecule has 17 heavy (non-hydrogen) atoms. The number of carbonyl (C=O) groups is 1. The van der Waals surface area contributed by atoms with E-state index in [2.05, 4.69) is 4.90 Å². The Morgan fingerprint density at radius 3 is 3.12 bits per heavy atom. The summed E-state index contributed by atoms with van der Waals surface area (Å²) in [5, 5.41) is 0. The fourth-order valence-electron chi connectivity index (χ4n) is 2.58. The summed E-state index contributed by atoms with van der Waals surface area (Å²) in [7, 11) is 0. The largest absolute Gasteiger partial charge is 0.302 e. The zero-order valence-corrected chi connectivity index (χ0v) is 9.94. The number of benzene rings is 1. The first-order valence-corrected chi connectivity index (χ1v) is 6.22. The van der Waals surface area contributed by atoms with E-state index in [4.69, 9.17) is 0 Å². The van der Waals surface area contributed by atoms with Crippen LogP contribution in [0.5, 0.6) is 0 Å². The van der Waals surface area contributed by atoms with Crippen molar-refractivity contribution < 1.29 is 9.18 Å². The SMILES string of the molecule is O=CCN1CCC[C@@H]1CCc1cccc(F)c1. The van der Waals surface area contributed by atoms with Crippen molar-refractivity contribution in [3.8, 4) is 0 Å². The molecule has 92 valence electrons. The molecule has 1 heterocycles. The van der Waals surface area contributed by atoms with Crippen LogP contribution in [0.2, 0.25) is 0 Å². The van der Waals surface area contributed by atoms with Crippen LogP contribution >= 0.6 is 0 Å². The van der Waals surface area contributed by atoms with E-state index in [9.17, 15) is 9.18 Å². The lowest BCUT2D eigenvalue weighted by atomic mass is 10.0. The summed E-state index contributed by atoms with van der Waals surface area (Å²) in [6, 6.07) is 7.27. The van der Waals surface area contributed by atoms with E-state index < -0.39 is 0 Å². The highest BCUT2D eigenvalue weighted by Crippen LogP contribution is 2.21. The van der Waals surface area contributed by atoms with Gasteiger partial charge < -0.3 is 4.79 Å². The number of rotatable bonds is 5. The average Bonchev–Trinajstić information content (AvgIpc) is 2.75. The smallest absolute Gasteiger partial charge is 0.133 e. The molecule has 1 aliphatic rings. The average molecular weight is 235 g/mol. The van der Waals surface area contributed by atoms with Crippen LogP contribution in [-0.2, 0) is 11.2 Å². The number of nitrogens with zero attached hydrogens (tertiary/aromatic N) is 1. The Bertz CT molecular complexity index is 380. The van der Waals surface area contributed by atoms with Crippen LogP contribution in [0, 0.1) is 5.82 Å². The number of carbonyl (C=O) groups excluding carboxylic acids is 1. The first-order chi connectivity index (χ1) is 8.29. The van der Waals surface area contributed by atoms with Crippen molar-refractivity contribution in [2.75, 3.05) is 13.1 Å². The van der Waals surface area contributed by atoms with Crippen molar-refractivity contribution in [3.05, 3.63) is 35.6 Å². The van der Waals surface area contributed by atoms with Crippen LogP contribution < -0.4 is 0 Å². The number of aryl methyl sites for hydroxylation is 1. The normalized spacial score (nSPS) is 20.6. The second-order valence-electron chi connectivity index (χ2n) is 4.63. The highest BCUT2D eigenvalue weighted by Gasteiger charge is 2.23. The molecular formula is C14H18FNO. The fourth-order valence-corrected chi connectivity index (χ4v) is 2.58. The molecular weight excluding hydrogens is 217 g/mol. The molecule has 1 atom stereocenters. The zero-order chi connectivity index (χ0) is 12.1. The standard InChI is InChI=1S/C14H18FNO/c15-13-4-1-3-12(11-13)6-7-14-5-2-8-16(14)9-10-17/h1,3-4,10-11,14H,2,5-9H2/t14-/m1/s1. The number of likely N-dealkylation sites (tertiary alicyclic amines) is 1. The monoisotopic (exact) mass is 235 g/mol. The van der Waals surface area contributed by atoms with E-state index in [0.29, 0.717) is 12.6 Å². The maximum Gasteiger partial charge on any atom is 0.133 e. The molecule has 1 aromatic carbocycles. The van der Waals surface area contributed by atoms with Crippen LogP contribution in [-0.4, -0.2) is 30.3 Å². The quantitative estimate of drug-likeness (QED) is 0.730. The Kier molecular flexibility index (Phi) is 4.26. The lowest BCUT2D eigenvalue weighted by Crippen LogP contribution is -2.31. The molecule has 0 unspecified atom stereocenters. The minimum absolute atomic E-state index is 0.168. The van der Waals surface area contributed by atoms with Gasteiger partial charge in [0.05, 0.1) is 6.54 Å². The van der Waals surface area contributed by atoms with E-state index >= 15 is 0 Å². The van der Waals surface area contributed by atoms with E-state index in [0.717, 1.165) is 37.7 Å². The third kappa shape index (κ3) is 3.37. The summed E-state index contributed by atoms with van der Waals surface area (Å²) in [4.78, 5) is 12.8. The van der Waals surface area contributed by atoms with Crippen LogP contribution in [0.1, 0.15) is 24.8 Å². The van der Waals surface area contributed by atoms with Crippen molar-refractivity contribution in [2.45, 2.75) is 31.7 Å². The lowest BCUT2D eigenvalue weighted by molar-refractivity contribution is -0.109. The molecule has 0 N–H and O–H groups in total. The Hall–Kier alpha value is -1.22. The van der Waals surface area contributed by atoms with Crippen LogP contribution in [0.3, 0.4) is 0 Å². The lowest BCUT2D eigenvalue weighted by Gasteiger charge is -2.21. The summed E-state index contributed by atoms with van der Waals surface area (Å²) in [5.41, 5.74) is 1.04. The highest BCUT2D eigenvalue weighted by molar-refractivity contribution is 5.52. The third-order valence-electron chi connectivity index (χ3n) is 3.46. The summed E-state index contributed by atoms with van der Waals surface area (Å²) in [5.74, 6) is -0.168. The van der Waals surface area contributed by atoms with E-state index in [1.807, 2.05) is 6.07 Å². The topological polar surface area (TPSA) is 20.3 Å². The first kappa shape index (κ1) is 12.2. The molecule has 0 aliphatic carbocycles. The maximum atomic E-state index is 13.0. The minimum Gasteiger partial charge on any atom is -0.302 e. The summed E-state index contributed by atoms with van der Waals surface area (Å²) in [6.45, 7) is 1.56. The van der Waals surface area contributed by atoms with Gasteiger partial charge in [-0.3, -0.25) is 4.90 Å². The Labute approximate surface area is 101 Å². The molecule has 0 radical (unpaired) electrons. The van der Waals surface area contributed by atoms with Crippen LogP contribution in [0.25, 0.3) is 0 Å². The van der Waals surface area contributed by atoms with Gasteiger partial charge in [0.15, 0.2) is 0 Å². The van der Waals surface area contributed by atoms with Crippen molar-refractivity contribution in [2.24, 2.45) is 0 Å². The third-order valence-corrected chi connectivity index (χ3v) is 3.46. The zero-order valence-electron chi connectivity index (χ0n) is 9.94.